The monoisotopic (exact) mass is 153 g/mol. The third-order valence-electron chi connectivity index (χ3n) is 1.80. The van der Waals surface area contributed by atoms with Gasteiger partial charge in [-0.1, -0.05) is 19.6 Å². The molecule has 0 bridgehead atoms. The molecule has 0 amide bonds. The van der Waals surface area contributed by atoms with Crippen molar-refractivity contribution in [3.8, 4) is 0 Å². The fourth-order valence-corrected chi connectivity index (χ4v) is 2.17. The summed E-state index contributed by atoms with van der Waals surface area (Å²) in [5, 5.41) is 6.58. The van der Waals surface area contributed by atoms with Gasteiger partial charge in [0, 0.05) is 0 Å². The van der Waals surface area contributed by atoms with E-state index < -0.39 is 8.24 Å². The average Bonchev–Trinajstić information content (AvgIpc) is 1.88. The fraction of sp³-hybridized carbons (Fsp3) is 1.00. The van der Waals surface area contributed by atoms with E-state index in [1.54, 1.807) is 0 Å². The summed E-state index contributed by atoms with van der Waals surface area (Å²) in [6, 6.07) is 0. The van der Waals surface area contributed by atoms with Crippen molar-refractivity contribution in [3.63, 3.8) is 0 Å². The number of nitrogens with zero attached hydrogens (tertiary/aromatic N) is 1. The highest BCUT2D eigenvalue weighted by Gasteiger charge is 2.25. The standard InChI is InChI=1S/C3H14B3N3Si/c1-10(2,3)9-5-7-4-8-6-9/h4-8H,1-3H3. The molecular formula is C3H14B3N3Si. The summed E-state index contributed by atoms with van der Waals surface area (Å²) < 4.78 is 2.50. The van der Waals surface area contributed by atoms with Crippen molar-refractivity contribution < 1.29 is 0 Å². The molecule has 1 heterocycles. The van der Waals surface area contributed by atoms with E-state index in [1.165, 1.54) is 0 Å². The maximum absolute atomic E-state index is 3.29. The zero-order valence-corrected chi connectivity index (χ0v) is 8.07. The van der Waals surface area contributed by atoms with Crippen molar-refractivity contribution >= 4 is 30.9 Å². The molecule has 0 unspecified atom stereocenters. The Labute approximate surface area is 65.9 Å². The van der Waals surface area contributed by atoms with E-state index in [0.717, 1.165) is 22.6 Å². The first kappa shape index (κ1) is 8.39. The first-order chi connectivity index (χ1) is 4.61. The molecule has 10 heavy (non-hydrogen) atoms. The van der Waals surface area contributed by atoms with Gasteiger partial charge in [-0.05, 0) is 0 Å². The van der Waals surface area contributed by atoms with E-state index in [4.69, 9.17) is 0 Å². The van der Waals surface area contributed by atoms with Crippen LogP contribution in [0.4, 0.5) is 0 Å². The second-order valence-corrected chi connectivity index (χ2v) is 8.68. The van der Waals surface area contributed by atoms with Crippen molar-refractivity contribution in [2.45, 2.75) is 19.6 Å². The Kier molecular flexibility index (Phi) is 2.62. The summed E-state index contributed by atoms with van der Waals surface area (Å²) in [6.07, 6.45) is 0. The van der Waals surface area contributed by atoms with Gasteiger partial charge in [0.1, 0.15) is 0 Å². The molecule has 3 nitrogen and oxygen atoms in total. The maximum atomic E-state index is 3.29. The van der Waals surface area contributed by atoms with Crippen LogP contribution in [0, 0.1) is 0 Å². The minimum absolute atomic E-state index is 0.959. The molecule has 1 aliphatic heterocycles. The van der Waals surface area contributed by atoms with Crippen LogP contribution < -0.4 is 10.3 Å². The predicted octanol–water partition coefficient (Wildman–Crippen LogP) is -1.88. The van der Waals surface area contributed by atoms with Crippen LogP contribution >= 0.6 is 0 Å². The van der Waals surface area contributed by atoms with Gasteiger partial charge in [0.2, 0.25) is 0 Å². The molecular weight excluding hydrogens is 139 g/mol. The molecule has 54 valence electrons. The van der Waals surface area contributed by atoms with Crippen LogP contribution in [0.2, 0.25) is 19.6 Å². The van der Waals surface area contributed by atoms with Gasteiger partial charge in [-0.15, -0.1) is 0 Å². The van der Waals surface area contributed by atoms with Crippen LogP contribution in [0.15, 0.2) is 0 Å². The molecule has 0 atom stereocenters. The van der Waals surface area contributed by atoms with Gasteiger partial charge < -0.3 is 14.7 Å². The molecule has 1 rings (SSSR count). The van der Waals surface area contributed by atoms with E-state index in [1.807, 2.05) is 0 Å². The largest absolute Gasteiger partial charge is 0.387 e. The second-order valence-electron chi connectivity index (χ2n) is 3.70. The summed E-state index contributed by atoms with van der Waals surface area (Å²) in [7, 11) is 2.03. The van der Waals surface area contributed by atoms with Gasteiger partial charge in [0.25, 0.3) is 22.6 Å². The molecule has 0 aromatic carbocycles. The number of hydrogen-bond acceptors (Lipinski definition) is 3. The summed E-state index contributed by atoms with van der Waals surface area (Å²) in [5.41, 5.74) is 0. The van der Waals surface area contributed by atoms with Gasteiger partial charge >= 0.3 is 0 Å². The lowest BCUT2D eigenvalue weighted by atomic mass is 9.85. The number of hydrogen-bond donors (Lipinski definition) is 2. The van der Waals surface area contributed by atoms with Crippen LogP contribution in [0.1, 0.15) is 0 Å². The molecule has 7 heteroatoms. The van der Waals surface area contributed by atoms with E-state index in [-0.39, 0.29) is 0 Å². The Morgan fingerprint density at radius 2 is 1.60 bits per heavy atom. The number of rotatable bonds is 1. The molecule has 1 aliphatic rings. The molecule has 0 spiro atoms. The SMILES string of the molecule is C[Si](C)(C)N1BNBNB1. The topological polar surface area (TPSA) is 27.3 Å². The molecule has 2 N–H and O–H groups in total. The second kappa shape index (κ2) is 3.13. The molecule has 0 aliphatic carbocycles. The van der Waals surface area contributed by atoms with Crippen LogP contribution in [-0.2, 0) is 0 Å². The van der Waals surface area contributed by atoms with Crippen LogP contribution in [0.5, 0.6) is 0 Å². The quantitative estimate of drug-likeness (QED) is 0.431. The van der Waals surface area contributed by atoms with Crippen molar-refractivity contribution in [1.29, 1.82) is 0 Å². The van der Waals surface area contributed by atoms with Gasteiger partial charge in [-0.2, -0.15) is 0 Å². The van der Waals surface area contributed by atoms with Gasteiger partial charge in [0.05, 0.1) is 8.24 Å². The van der Waals surface area contributed by atoms with Crippen LogP contribution in [-0.4, -0.2) is 35.3 Å². The van der Waals surface area contributed by atoms with Crippen molar-refractivity contribution in [2.75, 3.05) is 0 Å². The average molecular weight is 153 g/mol. The highest BCUT2D eigenvalue weighted by molar-refractivity contribution is 6.88. The van der Waals surface area contributed by atoms with Gasteiger partial charge in [0.15, 0.2) is 0 Å². The minimum Gasteiger partial charge on any atom is -0.387 e. The van der Waals surface area contributed by atoms with E-state index in [9.17, 15) is 0 Å². The van der Waals surface area contributed by atoms with E-state index >= 15 is 0 Å². The Balaban J connectivity index is 2.39. The summed E-state index contributed by atoms with van der Waals surface area (Å²) in [5.74, 6) is 0. The molecule has 0 saturated carbocycles. The lowest BCUT2D eigenvalue weighted by Gasteiger charge is -2.36. The highest BCUT2D eigenvalue weighted by Crippen LogP contribution is 2.04. The lowest BCUT2D eigenvalue weighted by molar-refractivity contribution is 0.954. The number of nitrogens with one attached hydrogen (secondary N) is 2. The molecule has 0 aromatic heterocycles. The van der Waals surface area contributed by atoms with Crippen LogP contribution in [0.25, 0.3) is 0 Å². The third-order valence-corrected chi connectivity index (χ3v) is 4.02. The first-order valence-corrected chi connectivity index (χ1v) is 7.22. The minimum atomic E-state index is -1.05. The fourth-order valence-electron chi connectivity index (χ4n) is 1.00. The normalized spacial score (nSPS) is 20.7. The van der Waals surface area contributed by atoms with Crippen molar-refractivity contribution in [3.05, 3.63) is 0 Å². The smallest absolute Gasteiger partial charge is 0.265 e. The zero-order chi connectivity index (χ0) is 7.61. The summed E-state index contributed by atoms with van der Waals surface area (Å²) in [6.45, 7) is 7.09. The predicted molar refractivity (Wildman–Crippen MR) is 52.9 cm³/mol. The Bertz CT molecular complexity index is 110. The van der Waals surface area contributed by atoms with Crippen LogP contribution in [0.3, 0.4) is 0 Å². The van der Waals surface area contributed by atoms with E-state index in [2.05, 4.69) is 34.3 Å². The molecule has 0 aromatic rings. The molecule has 1 fully saturated rings. The maximum Gasteiger partial charge on any atom is 0.265 e. The highest BCUT2D eigenvalue weighted by atomic mass is 28.3. The summed E-state index contributed by atoms with van der Waals surface area (Å²) in [4.78, 5) is 0. The van der Waals surface area contributed by atoms with E-state index in [0.29, 0.717) is 0 Å². The van der Waals surface area contributed by atoms with Gasteiger partial charge in [-0.3, -0.25) is 0 Å². The lowest BCUT2D eigenvalue weighted by Crippen LogP contribution is -2.65. The Morgan fingerprint density at radius 1 is 1.10 bits per heavy atom. The first-order valence-electron chi connectivity index (χ1n) is 3.77. The van der Waals surface area contributed by atoms with Crippen molar-refractivity contribution in [1.82, 2.24) is 14.7 Å². The molecule has 0 radical (unpaired) electrons. The Hall–Kier alpha value is 0.292. The zero-order valence-electron chi connectivity index (χ0n) is 7.07. The molecule has 1 saturated heterocycles. The van der Waals surface area contributed by atoms with Crippen molar-refractivity contribution in [2.24, 2.45) is 0 Å². The third kappa shape index (κ3) is 2.16. The summed E-state index contributed by atoms with van der Waals surface area (Å²) >= 11 is 0. The Morgan fingerprint density at radius 3 is 1.90 bits per heavy atom. The van der Waals surface area contributed by atoms with Gasteiger partial charge in [-0.25, -0.2) is 0 Å².